The van der Waals surface area contributed by atoms with E-state index >= 15 is 0 Å². The summed E-state index contributed by atoms with van der Waals surface area (Å²) in [5, 5.41) is 11.5. The topological polar surface area (TPSA) is 82.8 Å². The number of aromatic nitrogens is 4. The van der Waals surface area contributed by atoms with Gasteiger partial charge in [0, 0.05) is 16.3 Å². The van der Waals surface area contributed by atoms with E-state index in [0.717, 1.165) is 16.1 Å². The van der Waals surface area contributed by atoms with E-state index in [2.05, 4.69) is 15.2 Å². The van der Waals surface area contributed by atoms with Crippen molar-refractivity contribution in [3.63, 3.8) is 0 Å². The van der Waals surface area contributed by atoms with E-state index in [0.29, 0.717) is 27.6 Å². The summed E-state index contributed by atoms with van der Waals surface area (Å²) >= 11 is 9.05. The van der Waals surface area contributed by atoms with Crippen LogP contribution < -0.4 is 5.84 Å². The summed E-state index contributed by atoms with van der Waals surface area (Å²) < 4.78 is 6.97. The molecule has 3 aromatic heterocycles. The molecule has 0 unspecified atom stereocenters. The lowest BCUT2D eigenvalue weighted by Gasteiger charge is -2.03. The van der Waals surface area contributed by atoms with Gasteiger partial charge in [-0.25, -0.2) is 9.66 Å². The third-order valence-electron chi connectivity index (χ3n) is 3.38. The van der Waals surface area contributed by atoms with Crippen molar-refractivity contribution in [1.29, 1.82) is 0 Å². The van der Waals surface area contributed by atoms with E-state index in [1.165, 1.54) is 16.4 Å². The molecule has 0 saturated heterocycles. The molecule has 2 N–H and O–H groups in total. The van der Waals surface area contributed by atoms with Crippen molar-refractivity contribution in [2.45, 2.75) is 10.9 Å². The van der Waals surface area contributed by atoms with E-state index in [4.69, 9.17) is 21.9 Å². The van der Waals surface area contributed by atoms with Gasteiger partial charge in [0.25, 0.3) is 0 Å². The van der Waals surface area contributed by atoms with E-state index in [1.54, 1.807) is 29.7 Å². The second-order valence-electron chi connectivity index (χ2n) is 5.10. The smallest absolute Gasteiger partial charge is 0.236 e. The molecule has 0 fully saturated rings. The number of oxazole rings is 1. The van der Waals surface area contributed by atoms with Crippen LogP contribution in [0.25, 0.3) is 22.2 Å². The molecule has 3 heterocycles. The Hall–Kier alpha value is -2.29. The Morgan fingerprint density at radius 2 is 2.16 bits per heavy atom. The van der Waals surface area contributed by atoms with E-state index in [1.807, 2.05) is 29.6 Å². The van der Waals surface area contributed by atoms with Gasteiger partial charge in [-0.1, -0.05) is 41.6 Å². The predicted octanol–water partition coefficient (Wildman–Crippen LogP) is 4.32. The number of nitrogen functional groups attached to an aromatic ring is 1. The maximum absolute atomic E-state index is 6.12. The number of thiophene rings is 1. The molecule has 6 nitrogen and oxygen atoms in total. The summed E-state index contributed by atoms with van der Waals surface area (Å²) in [6, 6.07) is 11.3. The number of nitrogens with two attached hydrogens (primary N) is 1. The first-order valence-corrected chi connectivity index (χ1v) is 9.52. The normalized spacial score (nSPS) is 11.1. The van der Waals surface area contributed by atoms with E-state index in [9.17, 15) is 0 Å². The Bertz CT molecular complexity index is 996. The molecule has 126 valence electrons. The lowest BCUT2D eigenvalue weighted by molar-refractivity contribution is 0.575. The Morgan fingerprint density at radius 3 is 2.96 bits per heavy atom. The number of rotatable bonds is 5. The molecule has 4 rings (SSSR count). The Balaban J connectivity index is 1.49. The zero-order valence-electron chi connectivity index (χ0n) is 12.8. The molecule has 0 atom stereocenters. The minimum absolute atomic E-state index is 0.560. The lowest BCUT2D eigenvalue weighted by atomic mass is 10.2. The van der Waals surface area contributed by atoms with Gasteiger partial charge < -0.3 is 10.3 Å². The highest BCUT2D eigenvalue weighted by molar-refractivity contribution is 7.98. The molecule has 0 bridgehead atoms. The van der Waals surface area contributed by atoms with Crippen molar-refractivity contribution in [3.05, 3.63) is 58.8 Å². The van der Waals surface area contributed by atoms with Crippen LogP contribution in [0.1, 0.15) is 5.69 Å². The summed E-state index contributed by atoms with van der Waals surface area (Å²) in [5.74, 6) is 7.88. The molecule has 0 spiro atoms. The Morgan fingerprint density at radius 1 is 1.24 bits per heavy atom. The van der Waals surface area contributed by atoms with Crippen molar-refractivity contribution >= 4 is 34.7 Å². The zero-order valence-corrected chi connectivity index (χ0v) is 15.2. The van der Waals surface area contributed by atoms with Crippen LogP contribution in [0.3, 0.4) is 0 Å². The zero-order chi connectivity index (χ0) is 17.2. The second kappa shape index (κ2) is 6.91. The highest BCUT2D eigenvalue weighted by atomic mass is 35.5. The maximum atomic E-state index is 6.12. The maximum Gasteiger partial charge on any atom is 0.236 e. The van der Waals surface area contributed by atoms with Crippen LogP contribution in [0.5, 0.6) is 0 Å². The summed E-state index contributed by atoms with van der Waals surface area (Å²) in [4.78, 5) is 5.48. The quantitative estimate of drug-likeness (QED) is 0.404. The monoisotopic (exact) mass is 389 g/mol. The minimum Gasteiger partial charge on any atom is -0.444 e. The Kier molecular flexibility index (Phi) is 4.48. The lowest BCUT2D eigenvalue weighted by Crippen LogP contribution is -2.11. The molecule has 25 heavy (non-hydrogen) atoms. The van der Waals surface area contributed by atoms with Crippen LogP contribution in [-0.4, -0.2) is 19.9 Å². The highest BCUT2D eigenvalue weighted by Gasteiger charge is 2.14. The van der Waals surface area contributed by atoms with Crippen LogP contribution in [-0.2, 0) is 5.75 Å². The number of thioether (sulfide) groups is 1. The minimum atomic E-state index is 0.560. The van der Waals surface area contributed by atoms with Crippen molar-refractivity contribution in [1.82, 2.24) is 19.9 Å². The number of hydrogen-bond donors (Lipinski definition) is 1. The van der Waals surface area contributed by atoms with E-state index < -0.39 is 0 Å². The molecule has 0 radical (unpaired) electrons. The molecule has 0 amide bonds. The van der Waals surface area contributed by atoms with Gasteiger partial charge in [0.2, 0.25) is 11.0 Å². The van der Waals surface area contributed by atoms with Gasteiger partial charge in [-0.05, 0) is 23.6 Å². The van der Waals surface area contributed by atoms with Crippen molar-refractivity contribution in [3.8, 4) is 22.2 Å². The molecule has 0 saturated carbocycles. The van der Waals surface area contributed by atoms with Gasteiger partial charge in [0.15, 0.2) is 5.82 Å². The van der Waals surface area contributed by atoms with Crippen LogP contribution in [0.2, 0.25) is 5.02 Å². The first-order chi connectivity index (χ1) is 12.2. The molecule has 0 aliphatic carbocycles. The first kappa shape index (κ1) is 16.2. The summed E-state index contributed by atoms with van der Waals surface area (Å²) in [6.45, 7) is 0. The summed E-state index contributed by atoms with van der Waals surface area (Å²) in [5.41, 5.74) is 1.64. The van der Waals surface area contributed by atoms with Crippen molar-refractivity contribution < 1.29 is 4.42 Å². The summed E-state index contributed by atoms with van der Waals surface area (Å²) in [7, 11) is 0. The average Bonchev–Trinajstić information content (AvgIpc) is 3.34. The molecule has 4 aromatic rings. The SMILES string of the molecule is Nn1c(SCc2coc(-c3cccs3)n2)nnc1-c1cccc(Cl)c1. The molecular weight excluding hydrogens is 378 g/mol. The fourth-order valence-electron chi connectivity index (χ4n) is 2.23. The molecule has 0 aliphatic rings. The van der Waals surface area contributed by atoms with Crippen LogP contribution >= 0.6 is 34.7 Å². The number of hydrogen-bond acceptors (Lipinski definition) is 7. The van der Waals surface area contributed by atoms with Gasteiger partial charge in [0.1, 0.15) is 6.26 Å². The number of nitrogens with zero attached hydrogens (tertiary/aromatic N) is 4. The van der Waals surface area contributed by atoms with Crippen molar-refractivity contribution in [2.24, 2.45) is 0 Å². The number of benzene rings is 1. The third-order valence-corrected chi connectivity index (χ3v) is 5.45. The molecule has 0 aliphatic heterocycles. The third kappa shape index (κ3) is 3.41. The fraction of sp³-hybridized carbons (Fsp3) is 0.0625. The standard InChI is InChI=1S/C16H12ClN5OS2/c17-11-4-1-3-10(7-11)14-20-21-16(22(14)18)25-9-12-8-23-15(19-12)13-5-2-6-24-13/h1-8H,9,18H2. The largest absolute Gasteiger partial charge is 0.444 e. The number of halogens is 1. The van der Waals surface area contributed by atoms with Gasteiger partial charge in [-0.3, -0.25) is 0 Å². The second-order valence-corrected chi connectivity index (χ2v) is 7.42. The van der Waals surface area contributed by atoms with Gasteiger partial charge in [-0.2, -0.15) is 0 Å². The van der Waals surface area contributed by atoms with Gasteiger partial charge in [-0.15, -0.1) is 21.5 Å². The van der Waals surface area contributed by atoms with Gasteiger partial charge >= 0.3 is 0 Å². The van der Waals surface area contributed by atoms with Crippen LogP contribution in [0.4, 0.5) is 0 Å². The van der Waals surface area contributed by atoms with Crippen LogP contribution in [0, 0.1) is 0 Å². The molecular formula is C16H12ClN5OS2. The Labute approximate surface area is 156 Å². The van der Waals surface area contributed by atoms with Crippen molar-refractivity contribution in [2.75, 3.05) is 5.84 Å². The predicted molar refractivity (Wildman–Crippen MR) is 100.0 cm³/mol. The first-order valence-electron chi connectivity index (χ1n) is 7.28. The van der Waals surface area contributed by atoms with Gasteiger partial charge in [0.05, 0.1) is 10.6 Å². The fourth-order valence-corrected chi connectivity index (χ4v) is 3.80. The molecule has 1 aromatic carbocycles. The van der Waals surface area contributed by atoms with Crippen LogP contribution in [0.15, 0.2) is 57.6 Å². The summed E-state index contributed by atoms with van der Waals surface area (Å²) in [6.07, 6.45) is 1.65. The van der Waals surface area contributed by atoms with E-state index in [-0.39, 0.29) is 0 Å². The molecule has 9 heteroatoms. The highest BCUT2D eigenvalue weighted by Crippen LogP contribution is 2.28. The average molecular weight is 390 g/mol.